The molecule has 20 heavy (non-hydrogen) atoms. The highest BCUT2D eigenvalue weighted by Crippen LogP contribution is 2.41. The van der Waals surface area contributed by atoms with Crippen molar-refractivity contribution in [2.24, 2.45) is 5.92 Å². The normalized spacial score (nSPS) is 18.4. The Hall–Kier alpha value is -1.72. The predicted molar refractivity (Wildman–Crippen MR) is 77.5 cm³/mol. The van der Waals surface area contributed by atoms with E-state index in [0.29, 0.717) is 17.2 Å². The van der Waals surface area contributed by atoms with Crippen LogP contribution in [0.3, 0.4) is 0 Å². The van der Waals surface area contributed by atoms with Crippen molar-refractivity contribution in [1.82, 2.24) is 5.32 Å². The van der Waals surface area contributed by atoms with Crippen LogP contribution >= 0.6 is 0 Å². The molecule has 1 heterocycles. The van der Waals surface area contributed by atoms with Gasteiger partial charge in [-0.25, -0.2) is 0 Å². The molecule has 1 aliphatic heterocycles. The Bertz CT molecular complexity index is 474. The smallest absolute Gasteiger partial charge is 0.133 e. The number of nitrogens with one attached hydrogen (secondary N) is 1. The van der Waals surface area contributed by atoms with Gasteiger partial charge in [0.1, 0.15) is 17.2 Å². The van der Waals surface area contributed by atoms with E-state index in [1.807, 2.05) is 12.1 Å². The summed E-state index contributed by atoms with van der Waals surface area (Å²) >= 11 is 0. The molecule has 1 aliphatic rings. The molecule has 5 heteroatoms. The van der Waals surface area contributed by atoms with Crippen LogP contribution in [-0.2, 0) is 0 Å². The molecule has 0 amide bonds. The summed E-state index contributed by atoms with van der Waals surface area (Å²) in [7, 11) is 4.84. The minimum atomic E-state index is 0.0277. The first kappa shape index (κ1) is 14.7. The van der Waals surface area contributed by atoms with Crippen LogP contribution in [0.2, 0.25) is 0 Å². The fourth-order valence-corrected chi connectivity index (χ4v) is 2.48. The summed E-state index contributed by atoms with van der Waals surface area (Å²) in [5.74, 6) is 2.08. The molecule has 0 saturated carbocycles. The SMILES string of the molecule is COc1cc(OC)c(C2=CCNCC2CO)c(OC)c1. The van der Waals surface area contributed by atoms with Gasteiger partial charge in [0.25, 0.3) is 0 Å². The molecule has 2 rings (SSSR count). The number of ether oxygens (including phenoxy) is 3. The number of methoxy groups -OCH3 is 3. The Labute approximate surface area is 119 Å². The number of rotatable bonds is 5. The van der Waals surface area contributed by atoms with Crippen LogP contribution in [0.1, 0.15) is 5.56 Å². The van der Waals surface area contributed by atoms with Crippen LogP contribution in [0.4, 0.5) is 0 Å². The van der Waals surface area contributed by atoms with Gasteiger partial charge < -0.3 is 24.6 Å². The Kier molecular flexibility index (Phi) is 4.87. The van der Waals surface area contributed by atoms with E-state index in [1.54, 1.807) is 21.3 Å². The van der Waals surface area contributed by atoms with Gasteiger partial charge in [-0.3, -0.25) is 0 Å². The Morgan fingerprint density at radius 3 is 2.30 bits per heavy atom. The van der Waals surface area contributed by atoms with E-state index in [-0.39, 0.29) is 12.5 Å². The molecule has 0 aliphatic carbocycles. The molecule has 110 valence electrons. The Balaban J connectivity index is 2.56. The topological polar surface area (TPSA) is 60.0 Å². The third-order valence-electron chi connectivity index (χ3n) is 3.52. The molecular formula is C15H21NO4. The molecule has 0 spiro atoms. The van der Waals surface area contributed by atoms with Crippen LogP contribution in [0.5, 0.6) is 17.2 Å². The third kappa shape index (κ3) is 2.73. The van der Waals surface area contributed by atoms with Gasteiger partial charge in [-0.2, -0.15) is 0 Å². The Morgan fingerprint density at radius 1 is 1.15 bits per heavy atom. The van der Waals surface area contributed by atoms with Crippen molar-refractivity contribution in [2.45, 2.75) is 0 Å². The van der Waals surface area contributed by atoms with Gasteiger partial charge in [-0.15, -0.1) is 0 Å². The van der Waals surface area contributed by atoms with Gasteiger partial charge in [0, 0.05) is 31.1 Å². The number of benzene rings is 1. The lowest BCUT2D eigenvalue weighted by molar-refractivity contribution is 0.251. The largest absolute Gasteiger partial charge is 0.496 e. The van der Waals surface area contributed by atoms with E-state index < -0.39 is 0 Å². The summed E-state index contributed by atoms with van der Waals surface area (Å²) in [5.41, 5.74) is 1.93. The van der Waals surface area contributed by atoms with E-state index in [0.717, 1.165) is 24.2 Å². The van der Waals surface area contributed by atoms with Gasteiger partial charge in [-0.05, 0) is 5.57 Å². The monoisotopic (exact) mass is 279 g/mol. The second kappa shape index (κ2) is 6.63. The predicted octanol–water partition coefficient (Wildman–Crippen LogP) is 1.31. The molecular weight excluding hydrogens is 258 g/mol. The maximum absolute atomic E-state index is 9.56. The third-order valence-corrected chi connectivity index (χ3v) is 3.52. The maximum atomic E-state index is 9.56. The zero-order valence-corrected chi connectivity index (χ0v) is 12.1. The first-order valence-electron chi connectivity index (χ1n) is 6.57. The van der Waals surface area contributed by atoms with Crippen molar-refractivity contribution in [3.8, 4) is 17.2 Å². The highest BCUT2D eigenvalue weighted by Gasteiger charge is 2.25. The number of aliphatic hydroxyl groups is 1. The van der Waals surface area contributed by atoms with E-state index in [9.17, 15) is 5.11 Å². The highest BCUT2D eigenvalue weighted by molar-refractivity contribution is 5.78. The molecule has 1 aromatic rings. The molecule has 0 aromatic heterocycles. The lowest BCUT2D eigenvalue weighted by atomic mass is 9.89. The molecule has 1 atom stereocenters. The van der Waals surface area contributed by atoms with Crippen molar-refractivity contribution in [2.75, 3.05) is 41.0 Å². The summed E-state index contributed by atoms with van der Waals surface area (Å²) in [5, 5.41) is 12.8. The lowest BCUT2D eigenvalue weighted by Gasteiger charge is -2.26. The fraction of sp³-hybridized carbons (Fsp3) is 0.467. The molecule has 0 fully saturated rings. The van der Waals surface area contributed by atoms with Gasteiger partial charge in [0.2, 0.25) is 0 Å². The molecule has 0 radical (unpaired) electrons. The van der Waals surface area contributed by atoms with Gasteiger partial charge in [0.05, 0.1) is 33.5 Å². The van der Waals surface area contributed by atoms with Crippen molar-refractivity contribution in [3.05, 3.63) is 23.8 Å². The number of hydrogen-bond acceptors (Lipinski definition) is 5. The average molecular weight is 279 g/mol. The quantitative estimate of drug-likeness (QED) is 0.851. The minimum Gasteiger partial charge on any atom is -0.496 e. The van der Waals surface area contributed by atoms with Crippen LogP contribution in [-0.4, -0.2) is 46.1 Å². The average Bonchev–Trinajstić information content (AvgIpc) is 2.53. The second-order valence-corrected chi connectivity index (χ2v) is 4.60. The Morgan fingerprint density at radius 2 is 1.80 bits per heavy atom. The number of hydrogen-bond donors (Lipinski definition) is 2. The molecule has 1 aromatic carbocycles. The summed E-state index contributed by atoms with van der Waals surface area (Å²) < 4.78 is 16.2. The van der Waals surface area contributed by atoms with Gasteiger partial charge >= 0.3 is 0 Å². The van der Waals surface area contributed by atoms with Crippen molar-refractivity contribution in [3.63, 3.8) is 0 Å². The first-order valence-corrected chi connectivity index (χ1v) is 6.57. The summed E-state index contributed by atoms with van der Waals surface area (Å²) in [4.78, 5) is 0. The van der Waals surface area contributed by atoms with Crippen LogP contribution in [0.15, 0.2) is 18.2 Å². The molecule has 5 nitrogen and oxygen atoms in total. The van der Waals surface area contributed by atoms with Gasteiger partial charge in [-0.1, -0.05) is 6.08 Å². The van der Waals surface area contributed by atoms with E-state index in [4.69, 9.17) is 14.2 Å². The maximum Gasteiger partial charge on any atom is 0.133 e. The van der Waals surface area contributed by atoms with Crippen LogP contribution < -0.4 is 19.5 Å². The minimum absolute atomic E-state index is 0.0277. The standard InChI is InChI=1S/C15H21NO4/c1-18-11-6-13(19-2)15(14(7-11)20-3)12-4-5-16-8-10(12)9-17/h4,6-7,10,16-17H,5,8-9H2,1-3H3. The van der Waals surface area contributed by atoms with Crippen LogP contribution in [0, 0.1) is 5.92 Å². The summed E-state index contributed by atoms with van der Waals surface area (Å²) in [6, 6.07) is 3.66. The summed E-state index contributed by atoms with van der Waals surface area (Å²) in [6.45, 7) is 1.59. The highest BCUT2D eigenvalue weighted by atomic mass is 16.5. The first-order chi connectivity index (χ1) is 9.74. The molecule has 1 unspecified atom stereocenters. The van der Waals surface area contributed by atoms with Crippen molar-refractivity contribution >= 4 is 5.57 Å². The fourth-order valence-electron chi connectivity index (χ4n) is 2.48. The second-order valence-electron chi connectivity index (χ2n) is 4.60. The molecule has 0 bridgehead atoms. The zero-order chi connectivity index (χ0) is 14.5. The van der Waals surface area contributed by atoms with Crippen molar-refractivity contribution in [1.29, 1.82) is 0 Å². The van der Waals surface area contributed by atoms with Gasteiger partial charge in [0.15, 0.2) is 0 Å². The summed E-state index contributed by atoms with van der Waals surface area (Å²) in [6.07, 6.45) is 2.07. The zero-order valence-electron chi connectivity index (χ0n) is 12.1. The lowest BCUT2D eigenvalue weighted by Crippen LogP contribution is -2.31. The molecule has 0 saturated heterocycles. The van der Waals surface area contributed by atoms with E-state index in [1.165, 1.54) is 0 Å². The van der Waals surface area contributed by atoms with E-state index in [2.05, 4.69) is 11.4 Å². The molecule has 2 N–H and O–H groups in total. The van der Waals surface area contributed by atoms with E-state index >= 15 is 0 Å². The van der Waals surface area contributed by atoms with Crippen LogP contribution in [0.25, 0.3) is 5.57 Å². The number of aliphatic hydroxyl groups excluding tert-OH is 1. The van der Waals surface area contributed by atoms with Crippen molar-refractivity contribution < 1.29 is 19.3 Å².